The monoisotopic (exact) mass is 244 g/mol. The van der Waals surface area contributed by atoms with Crippen molar-refractivity contribution in [2.75, 3.05) is 13.2 Å². The predicted octanol–water partition coefficient (Wildman–Crippen LogP) is 3.30. The number of aliphatic hydroxyl groups excluding tert-OH is 1. The summed E-state index contributed by atoms with van der Waals surface area (Å²) in [5, 5.41) is 8.66. The fraction of sp³-hybridized carbons (Fsp3) is 0.929. The van der Waals surface area contributed by atoms with E-state index in [0.717, 1.165) is 38.5 Å². The van der Waals surface area contributed by atoms with E-state index in [1.807, 2.05) is 0 Å². The lowest BCUT2D eigenvalue weighted by atomic mass is 9.78. The van der Waals surface area contributed by atoms with E-state index in [4.69, 9.17) is 9.84 Å². The highest BCUT2D eigenvalue weighted by Gasteiger charge is 2.35. The summed E-state index contributed by atoms with van der Waals surface area (Å²) in [6.07, 6.45) is 6.26. The van der Waals surface area contributed by atoms with Crippen molar-refractivity contribution >= 4 is 5.97 Å². The van der Waals surface area contributed by atoms with Crippen molar-refractivity contribution < 1.29 is 14.6 Å². The Kier molecular flexibility index (Phi) is 9.14. The van der Waals surface area contributed by atoms with Crippen molar-refractivity contribution in [1.82, 2.24) is 0 Å². The van der Waals surface area contributed by atoms with Crippen LogP contribution in [0.15, 0.2) is 0 Å². The molecule has 3 heteroatoms. The van der Waals surface area contributed by atoms with Crippen LogP contribution in [0.4, 0.5) is 0 Å². The molecule has 0 fully saturated rings. The van der Waals surface area contributed by atoms with E-state index in [0.29, 0.717) is 13.0 Å². The van der Waals surface area contributed by atoms with Crippen molar-refractivity contribution in [2.45, 2.75) is 65.7 Å². The lowest BCUT2D eigenvalue weighted by molar-refractivity contribution is -0.157. The van der Waals surface area contributed by atoms with Gasteiger partial charge in [-0.05, 0) is 32.1 Å². The highest BCUT2D eigenvalue weighted by molar-refractivity contribution is 5.76. The van der Waals surface area contributed by atoms with E-state index in [9.17, 15) is 4.79 Å². The molecule has 0 atom stereocenters. The summed E-state index contributed by atoms with van der Waals surface area (Å²) in [5.74, 6) is -0.0473. The number of ether oxygens (including phenoxy) is 1. The molecule has 0 aromatic rings. The van der Waals surface area contributed by atoms with Gasteiger partial charge in [-0.2, -0.15) is 0 Å². The normalized spacial score (nSPS) is 11.5. The van der Waals surface area contributed by atoms with Gasteiger partial charge < -0.3 is 9.84 Å². The summed E-state index contributed by atoms with van der Waals surface area (Å²) in [6.45, 7) is 6.87. The Bertz CT molecular complexity index is 198. The molecule has 0 aromatic carbocycles. The molecule has 1 N–H and O–H groups in total. The number of esters is 1. The van der Waals surface area contributed by atoms with Gasteiger partial charge >= 0.3 is 5.97 Å². The lowest BCUT2D eigenvalue weighted by Crippen LogP contribution is -2.32. The molecule has 0 amide bonds. The Hall–Kier alpha value is -0.570. The van der Waals surface area contributed by atoms with Crippen LogP contribution in [0.25, 0.3) is 0 Å². The topological polar surface area (TPSA) is 46.5 Å². The van der Waals surface area contributed by atoms with Crippen LogP contribution in [0, 0.1) is 5.41 Å². The van der Waals surface area contributed by atoms with Crippen LogP contribution in [-0.2, 0) is 9.53 Å². The molecule has 0 rings (SSSR count). The van der Waals surface area contributed by atoms with Crippen LogP contribution < -0.4 is 0 Å². The van der Waals surface area contributed by atoms with Gasteiger partial charge in [0.15, 0.2) is 0 Å². The summed E-state index contributed by atoms with van der Waals surface area (Å²) < 4.78 is 5.34. The molecular formula is C14H28O3. The van der Waals surface area contributed by atoms with E-state index >= 15 is 0 Å². The predicted molar refractivity (Wildman–Crippen MR) is 69.8 cm³/mol. The van der Waals surface area contributed by atoms with E-state index in [2.05, 4.69) is 20.8 Å². The molecule has 0 spiro atoms. The molecule has 0 aliphatic heterocycles. The van der Waals surface area contributed by atoms with Crippen molar-refractivity contribution in [3.63, 3.8) is 0 Å². The molecule has 0 saturated carbocycles. The maximum absolute atomic E-state index is 12.1. The first-order chi connectivity index (χ1) is 8.16. The Morgan fingerprint density at radius 1 is 1.12 bits per heavy atom. The molecule has 0 aromatic heterocycles. The quantitative estimate of drug-likeness (QED) is 0.474. The third kappa shape index (κ3) is 5.53. The van der Waals surface area contributed by atoms with Gasteiger partial charge in [0.2, 0.25) is 0 Å². The van der Waals surface area contributed by atoms with Crippen LogP contribution in [0.3, 0.4) is 0 Å². The number of aliphatic hydroxyl groups is 1. The summed E-state index contributed by atoms with van der Waals surface area (Å²) in [5.41, 5.74) is -0.283. The van der Waals surface area contributed by atoms with E-state index in [-0.39, 0.29) is 18.0 Å². The SMILES string of the molecule is CCCCC(CC)(CC)C(=O)OCCCCO. The molecule has 3 nitrogen and oxygen atoms in total. The van der Waals surface area contributed by atoms with Crippen molar-refractivity contribution in [3.8, 4) is 0 Å². The van der Waals surface area contributed by atoms with Crippen LogP contribution >= 0.6 is 0 Å². The molecule has 0 aliphatic carbocycles. The van der Waals surface area contributed by atoms with E-state index < -0.39 is 0 Å². The third-order valence-electron chi connectivity index (χ3n) is 3.58. The average molecular weight is 244 g/mol. The molecule has 17 heavy (non-hydrogen) atoms. The summed E-state index contributed by atoms with van der Waals surface area (Å²) >= 11 is 0. The molecule has 0 bridgehead atoms. The number of carbonyl (C=O) groups excluding carboxylic acids is 1. The van der Waals surface area contributed by atoms with Crippen LogP contribution in [-0.4, -0.2) is 24.3 Å². The maximum Gasteiger partial charge on any atom is 0.312 e. The maximum atomic E-state index is 12.1. The first kappa shape index (κ1) is 16.4. The van der Waals surface area contributed by atoms with Crippen molar-refractivity contribution in [1.29, 1.82) is 0 Å². The van der Waals surface area contributed by atoms with Crippen LogP contribution in [0.5, 0.6) is 0 Å². The number of carbonyl (C=O) groups is 1. The number of rotatable bonds is 10. The fourth-order valence-electron chi connectivity index (χ4n) is 2.04. The van der Waals surface area contributed by atoms with Crippen LogP contribution in [0.2, 0.25) is 0 Å². The summed E-state index contributed by atoms with van der Waals surface area (Å²) in [7, 11) is 0. The molecule has 0 aliphatic rings. The first-order valence-electron chi connectivity index (χ1n) is 6.95. The fourth-order valence-corrected chi connectivity index (χ4v) is 2.04. The lowest BCUT2D eigenvalue weighted by Gasteiger charge is -2.29. The average Bonchev–Trinajstić information content (AvgIpc) is 2.36. The van der Waals surface area contributed by atoms with Gasteiger partial charge in [0.1, 0.15) is 0 Å². The highest BCUT2D eigenvalue weighted by atomic mass is 16.5. The zero-order valence-electron chi connectivity index (χ0n) is 11.6. The first-order valence-corrected chi connectivity index (χ1v) is 6.95. The van der Waals surface area contributed by atoms with Gasteiger partial charge in [-0.15, -0.1) is 0 Å². The molecule has 0 heterocycles. The minimum atomic E-state index is -0.283. The van der Waals surface area contributed by atoms with Gasteiger partial charge in [-0.3, -0.25) is 4.79 Å². The standard InChI is InChI=1S/C14H28O3/c1-4-7-10-14(5-2,6-3)13(16)17-12-9-8-11-15/h15H,4-12H2,1-3H3. The number of unbranched alkanes of at least 4 members (excludes halogenated alkanes) is 2. The van der Waals surface area contributed by atoms with Gasteiger partial charge in [0.05, 0.1) is 12.0 Å². The molecule has 0 saturated heterocycles. The van der Waals surface area contributed by atoms with Crippen LogP contribution in [0.1, 0.15) is 65.7 Å². The summed E-state index contributed by atoms with van der Waals surface area (Å²) in [4.78, 5) is 12.1. The molecule has 102 valence electrons. The Labute approximate surface area is 106 Å². The summed E-state index contributed by atoms with van der Waals surface area (Å²) in [6, 6.07) is 0. The third-order valence-corrected chi connectivity index (χ3v) is 3.58. The Morgan fingerprint density at radius 2 is 1.76 bits per heavy atom. The largest absolute Gasteiger partial charge is 0.465 e. The zero-order chi connectivity index (χ0) is 13.1. The Balaban J connectivity index is 4.22. The second-order valence-corrected chi connectivity index (χ2v) is 4.66. The minimum Gasteiger partial charge on any atom is -0.465 e. The van der Waals surface area contributed by atoms with E-state index in [1.54, 1.807) is 0 Å². The minimum absolute atomic E-state index is 0.0473. The molecular weight excluding hydrogens is 216 g/mol. The second-order valence-electron chi connectivity index (χ2n) is 4.66. The second kappa shape index (κ2) is 9.46. The molecule has 0 radical (unpaired) electrons. The Morgan fingerprint density at radius 3 is 2.24 bits per heavy atom. The number of hydrogen-bond donors (Lipinski definition) is 1. The smallest absolute Gasteiger partial charge is 0.312 e. The molecule has 0 unspecified atom stereocenters. The van der Waals surface area contributed by atoms with E-state index in [1.165, 1.54) is 0 Å². The van der Waals surface area contributed by atoms with Crippen molar-refractivity contribution in [3.05, 3.63) is 0 Å². The zero-order valence-corrected chi connectivity index (χ0v) is 11.6. The van der Waals surface area contributed by atoms with Gasteiger partial charge in [-0.1, -0.05) is 33.6 Å². The van der Waals surface area contributed by atoms with Crippen molar-refractivity contribution in [2.24, 2.45) is 5.41 Å². The van der Waals surface area contributed by atoms with Gasteiger partial charge in [-0.25, -0.2) is 0 Å². The number of hydrogen-bond acceptors (Lipinski definition) is 3. The highest BCUT2D eigenvalue weighted by Crippen LogP contribution is 2.34. The van der Waals surface area contributed by atoms with Gasteiger partial charge in [0.25, 0.3) is 0 Å². The van der Waals surface area contributed by atoms with Gasteiger partial charge in [0, 0.05) is 6.61 Å².